The molecule has 0 saturated carbocycles. The van der Waals surface area contributed by atoms with Crippen LogP contribution in [-0.2, 0) is 16.4 Å². The van der Waals surface area contributed by atoms with Gasteiger partial charge >= 0.3 is 0 Å². The van der Waals surface area contributed by atoms with E-state index >= 15 is 0 Å². The molecule has 4 heteroatoms. The second-order valence-corrected chi connectivity index (χ2v) is 13.4. The van der Waals surface area contributed by atoms with Crippen molar-refractivity contribution in [3.8, 4) is 0 Å². The molecule has 2 atom stereocenters. The van der Waals surface area contributed by atoms with Crippen LogP contribution < -0.4 is 0 Å². The molecule has 38 heavy (non-hydrogen) atoms. The van der Waals surface area contributed by atoms with Crippen LogP contribution in [0.15, 0.2) is 42.5 Å². The SMILES string of the molecule is CCCCCCCCC(O)(c1ccccc1)C(CO)(CO)C(O)c1c(C(C)(C)C)cc(C)cc1C(C)(C)C. The van der Waals surface area contributed by atoms with E-state index < -0.39 is 30.3 Å². The van der Waals surface area contributed by atoms with Gasteiger partial charge in [0.05, 0.1) is 24.7 Å². The summed E-state index contributed by atoms with van der Waals surface area (Å²) in [6.07, 6.45) is 5.31. The number of hydrogen-bond donors (Lipinski definition) is 4. The molecule has 0 radical (unpaired) electrons. The fourth-order valence-electron chi connectivity index (χ4n) is 5.88. The maximum Gasteiger partial charge on any atom is 0.102 e. The summed E-state index contributed by atoms with van der Waals surface area (Å²) in [5.74, 6) is 0. The molecular weight excluding hydrogens is 472 g/mol. The van der Waals surface area contributed by atoms with E-state index in [1.165, 1.54) is 12.8 Å². The molecule has 2 rings (SSSR count). The zero-order chi connectivity index (χ0) is 28.8. The van der Waals surface area contributed by atoms with Gasteiger partial charge in [-0.2, -0.15) is 0 Å². The van der Waals surface area contributed by atoms with E-state index in [9.17, 15) is 20.4 Å². The lowest BCUT2D eigenvalue weighted by molar-refractivity contribution is -0.197. The smallest absolute Gasteiger partial charge is 0.102 e. The molecule has 0 bridgehead atoms. The number of aryl methyl sites for hydroxylation is 1. The zero-order valence-corrected chi connectivity index (χ0v) is 25.3. The summed E-state index contributed by atoms with van der Waals surface area (Å²) >= 11 is 0. The van der Waals surface area contributed by atoms with Gasteiger partial charge in [0.1, 0.15) is 5.60 Å². The first-order valence-electron chi connectivity index (χ1n) is 14.5. The first kappa shape index (κ1) is 32.5. The predicted molar refractivity (Wildman–Crippen MR) is 158 cm³/mol. The monoisotopic (exact) mass is 526 g/mol. The molecule has 0 spiro atoms. The van der Waals surface area contributed by atoms with Crippen molar-refractivity contribution in [2.45, 2.75) is 123 Å². The van der Waals surface area contributed by atoms with Crippen LogP contribution >= 0.6 is 0 Å². The molecule has 214 valence electrons. The van der Waals surface area contributed by atoms with E-state index in [2.05, 4.69) is 67.5 Å². The molecule has 4 N–H and O–H groups in total. The van der Waals surface area contributed by atoms with Crippen LogP contribution in [0.25, 0.3) is 0 Å². The van der Waals surface area contributed by atoms with Crippen LogP contribution in [0.5, 0.6) is 0 Å². The van der Waals surface area contributed by atoms with Gasteiger partial charge in [-0.25, -0.2) is 0 Å². The average Bonchev–Trinajstić information content (AvgIpc) is 2.86. The van der Waals surface area contributed by atoms with Crippen LogP contribution in [0, 0.1) is 12.3 Å². The number of hydrogen-bond acceptors (Lipinski definition) is 4. The quantitative estimate of drug-likeness (QED) is 0.208. The summed E-state index contributed by atoms with van der Waals surface area (Å²) in [7, 11) is 0. The Morgan fingerprint density at radius 1 is 0.737 bits per heavy atom. The van der Waals surface area contributed by atoms with Gasteiger partial charge < -0.3 is 20.4 Å². The highest BCUT2D eigenvalue weighted by Gasteiger charge is 2.56. The fraction of sp³-hybridized carbons (Fsp3) is 0.647. The normalized spacial score (nSPS) is 15.4. The Morgan fingerprint density at radius 3 is 1.66 bits per heavy atom. The van der Waals surface area contributed by atoms with Gasteiger partial charge in [-0.15, -0.1) is 0 Å². The van der Waals surface area contributed by atoms with E-state index in [0.29, 0.717) is 17.5 Å². The molecule has 2 aromatic rings. The van der Waals surface area contributed by atoms with Crippen LogP contribution in [0.3, 0.4) is 0 Å². The summed E-state index contributed by atoms with van der Waals surface area (Å²) < 4.78 is 0. The van der Waals surface area contributed by atoms with Crippen molar-refractivity contribution < 1.29 is 20.4 Å². The summed E-state index contributed by atoms with van der Waals surface area (Å²) in [6.45, 7) is 15.8. The molecule has 2 aromatic carbocycles. The number of rotatable bonds is 13. The van der Waals surface area contributed by atoms with Gasteiger partial charge in [-0.05, 0) is 46.4 Å². The number of unbranched alkanes of at least 4 members (excludes halogenated alkanes) is 5. The Morgan fingerprint density at radius 2 is 1.21 bits per heavy atom. The molecule has 0 saturated heterocycles. The maximum atomic E-state index is 12.6. The van der Waals surface area contributed by atoms with Crippen molar-refractivity contribution in [2.24, 2.45) is 5.41 Å². The molecule has 0 aliphatic carbocycles. The van der Waals surface area contributed by atoms with Crippen LogP contribution in [0.1, 0.15) is 127 Å². The van der Waals surface area contributed by atoms with Gasteiger partial charge in [0.15, 0.2) is 0 Å². The highest BCUT2D eigenvalue weighted by molar-refractivity contribution is 5.48. The third kappa shape index (κ3) is 6.88. The Kier molecular flexibility index (Phi) is 11.2. The molecule has 2 unspecified atom stereocenters. The minimum Gasteiger partial charge on any atom is -0.395 e. The summed E-state index contributed by atoms with van der Waals surface area (Å²) in [4.78, 5) is 0. The second kappa shape index (κ2) is 13.1. The van der Waals surface area contributed by atoms with Gasteiger partial charge in [0.2, 0.25) is 0 Å². The van der Waals surface area contributed by atoms with E-state index in [0.717, 1.165) is 42.4 Å². The van der Waals surface area contributed by atoms with Crippen LogP contribution in [0.2, 0.25) is 0 Å². The van der Waals surface area contributed by atoms with E-state index in [1.807, 2.05) is 30.3 Å². The van der Waals surface area contributed by atoms with Crippen molar-refractivity contribution in [3.63, 3.8) is 0 Å². The molecule has 0 aliphatic heterocycles. The van der Waals surface area contributed by atoms with Gasteiger partial charge in [-0.1, -0.05) is 135 Å². The third-order valence-electron chi connectivity index (χ3n) is 8.27. The third-order valence-corrected chi connectivity index (χ3v) is 8.27. The van der Waals surface area contributed by atoms with Gasteiger partial charge in [0.25, 0.3) is 0 Å². The molecule has 4 nitrogen and oxygen atoms in total. The van der Waals surface area contributed by atoms with Crippen molar-refractivity contribution in [3.05, 3.63) is 70.3 Å². The first-order chi connectivity index (χ1) is 17.7. The minimum atomic E-state index is -1.64. The number of aliphatic hydroxyl groups is 4. The topological polar surface area (TPSA) is 80.9 Å². The lowest BCUT2D eigenvalue weighted by Gasteiger charge is -2.50. The standard InChI is InChI=1S/C34H54O4/c1-9-10-11-12-13-17-20-34(38,26-18-15-14-16-19-26)33(23-35,24-36)30(37)29-27(31(3,4)5)21-25(2)22-28(29)32(6,7)8/h14-16,18-19,21-22,30,35-38H,9-13,17,20,23-24H2,1-8H3. The minimum absolute atomic E-state index is 0.302. The lowest BCUT2D eigenvalue weighted by atomic mass is 9.60. The number of aliphatic hydroxyl groups excluding tert-OH is 3. The molecule has 0 amide bonds. The highest BCUT2D eigenvalue weighted by Crippen LogP contribution is 2.54. The first-order valence-corrected chi connectivity index (χ1v) is 14.5. The van der Waals surface area contributed by atoms with Crippen molar-refractivity contribution >= 4 is 0 Å². The van der Waals surface area contributed by atoms with Crippen LogP contribution in [0.4, 0.5) is 0 Å². The Balaban J connectivity index is 2.78. The van der Waals surface area contributed by atoms with Crippen molar-refractivity contribution in [2.75, 3.05) is 13.2 Å². The Labute approximate surface area is 232 Å². The maximum absolute atomic E-state index is 12.6. The Bertz CT molecular complexity index is 960. The molecule has 0 aromatic heterocycles. The molecule has 0 heterocycles. The summed E-state index contributed by atoms with van der Waals surface area (Å²) in [5.41, 5.74) is 0.483. The van der Waals surface area contributed by atoms with Crippen LogP contribution in [-0.4, -0.2) is 33.6 Å². The van der Waals surface area contributed by atoms with E-state index in [4.69, 9.17) is 0 Å². The fourth-order valence-corrected chi connectivity index (χ4v) is 5.88. The highest BCUT2D eigenvalue weighted by atomic mass is 16.3. The van der Waals surface area contributed by atoms with Crippen molar-refractivity contribution in [1.29, 1.82) is 0 Å². The van der Waals surface area contributed by atoms with Gasteiger partial charge in [-0.3, -0.25) is 0 Å². The van der Waals surface area contributed by atoms with Gasteiger partial charge in [0, 0.05) is 0 Å². The summed E-state index contributed by atoms with van der Waals surface area (Å²) in [6, 6.07) is 13.5. The zero-order valence-electron chi connectivity index (χ0n) is 25.3. The molecule has 0 aliphatic rings. The lowest BCUT2D eigenvalue weighted by Crippen LogP contribution is -2.55. The molecule has 0 fully saturated rings. The number of benzene rings is 2. The summed E-state index contributed by atoms with van der Waals surface area (Å²) in [5, 5.41) is 47.1. The van der Waals surface area contributed by atoms with Crippen molar-refractivity contribution in [1.82, 2.24) is 0 Å². The predicted octanol–water partition coefficient (Wildman–Crippen LogP) is 7.23. The Hall–Kier alpha value is -1.72. The largest absolute Gasteiger partial charge is 0.395 e. The van der Waals surface area contributed by atoms with E-state index in [1.54, 1.807) is 0 Å². The second-order valence-electron chi connectivity index (χ2n) is 13.4. The van der Waals surface area contributed by atoms with E-state index in [-0.39, 0.29) is 10.8 Å². The molecular formula is C34H54O4. The average molecular weight is 527 g/mol.